The number of aliphatic hydroxyl groups excluding tert-OH is 1. The van der Waals surface area contributed by atoms with Crippen molar-refractivity contribution in [1.29, 1.82) is 0 Å². The van der Waals surface area contributed by atoms with E-state index in [1.54, 1.807) is 0 Å². The fraction of sp³-hybridized carbons (Fsp3) is 0.750. The Morgan fingerprint density at radius 2 is 2.38 bits per heavy atom. The Hall–Kier alpha value is -0.205. The summed E-state index contributed by atoms with van der Waals surface area (Å²) in [5.74, 6) is 2.21. The number of hydrogen-bond acceptors (Lipinski definition) is 3. The van der Waals surface area contributed by atoms with E-state index in [1.165, 1.54) is 0 Å². The average molecular weight is 198 g/mol. The van der Waals surface area contributed by atoms with Crippen LogP contribution in [0.5, 0.6) is 0 Å². The first-order valence-corrected chi connectivity index (χ1v) is 4.36. The van der Waals surface area contributed by atoms with Gasteiger partial charge in [-0.1, -0.05) is 0 Å². The molecule has 5 heteroatoms. The molecule has 0 aromatic carbocycles. The molecule has 2 aliphatic rings. The van der Waals surface area contributed by atoms with Crippen LogP contribution in [0.1, 0.15) is 6.42 Å². The standard InChI is InChI=1S/C8H8BClO3/c9-6-8(12,1-2-10)5-3-7(5,4-11)13-6/h5-6,11-12H,3-4H2. The Bertz CT molecular complexity index is 299. The largest absolute Gasteiger partial charge is 0.393 e. The minimum Gasteiger partial charge on any atom is -0.393 e. The summed E-state index contributed by atoms with van der Waals surface area (Å²) in [6.45, 7) is -0.141. The van der Waals surface area contributed by atoms with Crippen molar-refractivity contribution in [3.05, 3.63) is 0 Å². The second kappa shape index (κ2) is 2.65. The fourth-order valence-corrected chi connectivity index (χ4v) is 2.11. The van der Waals surface area contributed by atoms with E-state index < -0.39 is 17.2 Å². The first-order chi connectivity index (χ1) is 6.09. The summed E-state index contributed by atoms with van der Waals surface area (Å²) in [5.41, 5.74) is -2.07. The molecule has 1 aliphatic heterocycles. The molecule has 2 radical (unpaired) electrons. The molecule has 1 saturated carbocycles. The first-order valence-electron chi connectivity index (χ1n) is 3.98. The lowest BCUT2D eigenvalue weighted by Crippen LogP contribution is -2.40. The van der Waals surface area contributed by atoms with Gasteiger partial charge < -0.3 is 14.9 Å². The maximum Gasteiger partial charge on any atom is 0.149 e. The molecule has 1 heterocycles. The van der Waals surface area contributed by atoms with Crippen LogP contribution in [0.4, 0.5) is 0 Å². The molecule has 3 nitrogen and oxygen atoms in total. The molecule has 2 fully saturated rings. The maximum absolute atomic E-state index is 9.95. The average Bonchev–Trinajstić information content (AvgIpc) is 2.76. The molecule has 4 unspecified atom stereocenters. The molecule has 2 rings (SSSR count). The van der Waals surface area contributed by atoms with Crippen molar-refractivity contribution in [2.45, 2.75) is 23.6 Å². The van der Waals surface area contributed by atoms with Gasteiger partial charge in [-0.3, -0.25) is 0 Å². The minimum atomic E-state index is -1.40. The topological polar surface area (TPSA) is 49.7 Å². The Morgan fingerprint density at radius 3 is 2.85 bits per heavy atom. The Kier molecular flexibility index (Phi) is 1.90. The molecular weight excluding hydrogens is 190 g/mol. The first kappa shape index (κ1) is 9.35. The summed E-state index contributed by atoms with van der Waals surface area (Å²) in [5, 5.41) is 21.1. The van der Waals surface area contributed by atoms with Gasteiger partial charge >= 0.3 is 0 Å². The van der Waals surface area contributed by atoms with Crippen LogP contribution in [0.2, 0.25) is 0 Å². The van der Waals surface area contributed by atoms with E-state index in [9.17, 15) is 5.11 Å². The highest BCUT2D eigenvalue weighted by Gasteiger charge is 2.72. The monoisotopic (exact) mass is 198 g/mol. The van der Waals surface area contributed by atoms with Crippen LogP contribution in [0.25, 0.3) is 0 Å². The lowest BCUT2D eigenvalue weighted by molar-refractivity contribution is -0.0322. The molecule has 0 bridgehead atoms. The molecule has 2 N–H and O–H groups in total. The molecule has 0 spiro atoms. The Morgan fingerprint density at radius 1 is 1.69 bits per heavy atom. The van der Waals surface area contributed by atoms with Gasteiger partial charge in [0.05, 0.1) is 18.2 Å². The highest BCUT2D eigenvalue weighted by Crippen LogP contribution is 2.60. The number of hydrogen-bond donors (Lipinski definition) is 2. The number of halogens is 1. The lowest BCUT2D eigenvalue weighted by atomic mass is 9.81. The van der Waals surface area contributed by atoms with Crippen molar-refractivity contribution >= 4 is 19.4 Å². The van der Waals surface area contributed by atoms with Crippen molar-refractivity contribution in [2.24, 2.45) is 5.92 Å². The molecule has 1 aliphatic carbocycles. The summed E-state index contributed by atoms with van der Waals surface area (Å²) < 4.78 is 5.26. The van der Waals surface area contributed by atoms with Crippen molar-refractivity contribution in [3.8, 4) is 11.3 Å². The van der Waals surface area contributed by atoms with E-state index >= 15 is 0 Å². The molecular formula is C8H8BClO3. The van der Waals surface area contributed by atoms with Crippen molar-refractivity contribution in [3.63, 3.8) is 0 Å². The SMILES string of the molecule is [B]C1OC2(CO)CC2C1(O)C#CCl. The van der Waals surface area contributed by atoms with Crippen LogP contribution in [0.3, 0.4) is 0 Å². The molecule has 0 amide bonds. The van der Waals surface area contributed by atoms with Crippen LogP contribution in [-0.4, -0.2) is 41.9 Å². The van der Waals surface area contributed by atoms with Crippen LogP contribution < -0.4 is 0 Å². The summed E-state index contributed by atoms with van der Waals surface area (Å²) in [6.07, 6.45) is 0.583. The highest BCUT2D eigenvalue weighted by molar-refractivity contribution is 6.30. The van der Waals surface area contributed by atoms with Crippen LogP contribution in [-0.2, 0) is 4.74 Å². The fourth-order valence-electron chi connectivity index (χ4n) is 1.96. The van der Waals surface area contributed by atoms with Crippen molar-refractivity contribution in [1.82, 2.24) is 0 Å². The maximum atomic E-state index is 9.95. The lowest BCUT2D eigenvalue weighted by Gasteiger charge is -2.23. The van der Waals surface area contributed by atoms with Gasteiger partial charge in [0.25, 0.3) is 0 Å². The molecule has 4 atom stereocenters. The van der Waals surface area contributed by atoms with Gasteiger partial charge in [-0.2, -0.15) is 0 Å². The second-order valence-corrected chi connectivity index (χ2v) is 3.75. The van der Waals surface area contributed by atoms with E-state index in [4.69, 9.17) is 29.3 Å². The zero-order valence-corrected chi connectivity index (χ0v) is 7.58. The molecule has 0 aromatic heterocycles. The number of aliphatic hydroxyl groups is 2. The minimum absolute atomic E-state index is 0.141. The van der Waals surface area contributed by atoms with Crippen molar-refractivity contribution < 1.29 is 14.9 Å². The third-order valence-electron chi connectivity index (χ3n) is 2.87. The van der Waals surface area contributed by atoms with Crippen LogP contribution in [0.15, 0.2) is 0 Å². The number of fused-ring (bicyclic) bond motifs is 1. The normalized spacial score (nSPS) is 52.2. The number of ether oxygens (including phenoxy) is 1. The van der Waals surface area contributed by atoms with Gasteiger partial charge in [0.2, 0.25) is 0 Å². The van der Waals surface area contributed by atoms with E-state index in [1.807, 2.05) is 0 Å². The van der Waals surface area contributed by atoms with E-state index in [0.717, 1.165) is 0 Å². The van der Waals surface area contributed by atoms with Gasteiger partial charge in [-0.15, -0.1) is 0 Å². The molecule has 13 heavy (non-hydrogen) atoms. The molecule has 68 valence electrons. The summed E-state index contributed by atoms with van der Waals surface area (Å²) in [6, 6.07) is -0.885. The third-order valence-corrected chi connectivity index (χ3v) is 2.96. The third kappa shape index (κ3) is 1.05. The van der Waals surface area contributed by atoms with E-state index in [2.05, 4.69) is 11.3 Å². The summed E-state index contributed by atoms with van der Waals surface area (Å²) in [7, 11) is 5.54. The predicted molar refractivity (Wildman–Crippen MR) is 47.1 cm³/mol. The van der Waals surface area contributed by atoms with E-state index in [-0.39, 0.29) is 12.5 Å². The zero-order chi connectivity index (χ0) is 9.69. The quantitative estimate of drug-likeness (QED) is 0.428. The van der Waals surface area contributed by atoms with Gasteiger partial charge in [0.15, 0.2) is 0 Å². The highest BCUT2D eigenvalue weighted by atomic mass is 35.5. The Balaban J connectivity index is 2.27. The summed E-state index contributed by atoms with van der Waals surface area (Å²) in [4.78, 5) is 0. The Labute approximate surface area is 82.4 Å². The van der Waals surface area contributed by atoms with Gasteiger partial charge in [-0.25, -0.2) is 0 Å². The second-order valence-electron chi connectivity index (χ2n) is 3.56. The molecule has 1 saturated heterocycles. The number of rotatable bonds is 1. The van der Waals surface area contributed by atoms with E-state index in [0.29, 0.717) is 6.42 Å². The zero-order valence-electron chi connectivity index (χ0n) is 6.83. The van der Waals surface area contributed by atoms with Gasteiger partial charge in [0.1, 0.15) is 13.4 Å². The molecule has 0 aromatic rings. The smallest absolute Gasteiger partial charge is 0.149 e. The predicted octanol–water partition coefficient (Wildman–Crippen LogP) is -0.807. The van der Waals surface area contributed by atoms with Crippen molar-refractivity contribution in [2.75, 3.05) is 6.61 Å². The van der Waals surface area contributed by atoms with Gasteiger partial charge in [0, 0.05) is 11.3 Å². The van der Waals surface area contributed by atoms with Gasteiger partial charge in [-0.05, 0) is 23.9 Å². The summed E-state index contributed by atoms with van der Waals surface area (Å²) >= 11 is 5.21. The van der Waals surface area contributed by atoms with Crippen LogP contribution in [0, 0.1) is 17.2 Å². The van der Waals surface area contributed by atoms with Crippen LogP contribution >= 0.6 is 11.6 Å².